The molecule has 5 heteroatoms. The maximum absolute atomic E-state index is 11.7. The van der Waals surface area contributed by atoms with Gasteiger partial charge in [-0.3, -0.25) is 9.48 Å². The minimum atomic E-state index is 0.0587. The zero-order chi connectivity index (χ0) is 14.4. The van der Waals surface area contributed by atoms with Gasteiger partial charge >= 0.3 is 0 Å². The molecular formula is C15H20N4O. The van der Waals surface area contributed by atoms with Gasteiger partial charge in [-0.2, -0.15) is 5.10 Å². The largest absolute Gasteiger partial charge is 0.399 e. The van der Waals surface area contributed by atoms with Gasteiger partial charge in [-0.15, -0.1) is 0 Å². The molecule has 1 aromatic carbocycles. The number of aryl methyl sites for hydroxylation is 2. The highest BCUT2D eigenvalue weighted by Gasteiger charge is 2.03. The molecule has 0 fully saturated rings. The monoisotopic (exact) mass is 272 g/mol. The number of hydrogen-bond acceptors (Lipinski definition) is 3. The number of nitrogens with one attached hydrogen (secondary N) is 1. The van der Waals surface area contributed by atoms with Crippen molar-refractivity contribution in [1.29, 1.82) is 0 Å². The third-order valence-electron chi connectivity index (χ3n) is 3.06. The van der Waals surface area contributed by atoms with E-state index >= 15 is 0 Å². The summed E-state index contributed by atoms with van der Waals surface area (Å²) in [6.45, 7) is 0.618. The molecule has 0 radical (unpaired) electrons. The summed E-state index contributed by atoms with van der Waals surface area (Å²) in [5.74, 6) is 0.0587. The third-order valence-corrected chi connectivity index (χ3v) is 3.06. The quantitative estimate of drug-likeness (QED) is 0.778. The van der Waals surface area contributed by atoms with Crippen molar-refractivity contribution < 1.29 is 4.79 Å². The number of carbonyl (C=O) groups is 1. The molecule has 0 atom stereocenters. The molecule has 20 heavy (non-hydrogen) atoms. The molecule has 0 saturated carbocycles. The summed E-state index contributed by atoms with van der Waals surface area (Å²) in [5.41, 5.74) is 8.51. The molecule has 0 saturated heterocycles. The molecule has 1 amide bonds. The van der Waals surface area contributed by atoms with E-state index < -0.39 is 0 Å². The van der Waals surface area contributed by atoms with Gasteiger partial charge in [-0.05, 0) is 30.2 Å². The first-order valence-electron chi connectivity index (χ1n) is 6.73. The Morgan fingerprint density at radius 3 is 2.90 bits per heavy atom. The van der Waals surface area contributed by atoms with Crippen molar-refractivity contribution in [2.45, 2.75) is 19.3 Å². The number of amides is 1. The fraction of sp³-hybridized carbons (Fsp3) is 0.333. The molecule has 106 valence electrons. The second-order valence-corrected chi connectivity index (χ2v) is 4.83. The van der Waals surface area contributed by atoms with Crippen molar-refractivity contribution >= 4 is 11.6 Å². The summed E-state index contributed by atoms with van der Waals surface area (Å²) in [7, 11) is 1.88. The number of nitrogen functional groups attached to an aromatic ring is 1. The Morgan fingerprint density at radius 1 is 1.35 bits per heavy atom. The van der Waals surface area contributed by atoms with Gasteiger partial charge in [0, 0.05) is 38.3 Å². The number of carbonyl (C=O) groups excluding carboxylic acids is 1. The van der Waals surface area contributed by atoms with E-state index in [0.29, 0.717) is 19.4 Å². The maximum atomic E-state index is 11.7. The molecule has 3 N–H and O–H groups in total. The van der Waals surface area contributed by atoms with Crippen molar-refractivity contribution in [1.82, 2.24) is 15.1 Å². The van der Waals surface area contributed by atoms with E-state index in [1.807, 2.05) is 43.6 Å². The van der Waals surface area contributed by atoms with Crippen LogP contribution in [0.5, 0.6) is 0 Å². The Hall–Kier alpha value is -2.30. The van der Waals surface area contributed by atoms with Gasteiger partial charge in [-0.1, -0.05) is 12.1 Å². The Labute approximate surface area is 118 Å². The molecule has 1 heterocycles. The van der Waals surface area contributed by atoms with Crippen molar-refractivity contribution in [2.24, 2.45) is 7.05 Å². The van der Waals surface area contributed by atoms with E-state index in [9.17, 15) is 4.79 Å². The highest BCUT2D eigenvalue weighted by Crippen LogP contribution is 2.08. The predicted molar refractivity (Wildman–Crippen MR) is 79.1 cm³/mol. The van der Waals surface area contributed by atoms with Crippen LogP contribution in [0.25, 0.3) is 0 Å². The molecule has 0 aliphatic heterocycles. The van der Waals surface area contributed by atoms with E-state index in [-0.39, 0.29) is 5.91 Å². The maximum Gasteiger partial charge on any atom is 0.220 e. The number of benzene rings is 1. The van der Waals surface area contributed by atoms with Crippen LogP contribution >= 0.6 is 0 Å². The predicted octanol–water partition coefficient (Wildman–Crippen LogP) is 1.29. The van der Waals surface area contributed by atoms with Crippen molar-refractivity contribution in [3.8, 4) is 0 Å². The number of aromatic nitrogens is 2. The fourth-order valence-electron chi connectivity index (χ4n) is 2.02. The van der Waals surface area contributed by atoms with Crippen LogP contribution in [-0.4, -0.2) is 22.2 Å². The van der Waals surface area contributed by atoms with Gasteiger partial charge in [0.1, 0.15) is 0 Å². The first-order chi connectivity index (χ1) is 9.63. The van der Waals surface area contributed by atoms with Crippen LogP contribution in [0, 0.1) is 0 Å². The lowest BCUT2D eigenvalue weighted by Crippen LogP contribution is -2.26. The van der Waals surface area contributed by atoms with Gasteiger partial charge < -0.3 is 11.1 Å². The average Bonchev–Trinajstić information content (AvgIpc) is 2.82. The lowest BCUT2D eigenvalue weighted by atomic mass is 10.1. The fourth-order valence-corrected chi connectivity index (χ4v) is 2.02. The van der Waals surface area contributed by atoms with Crippen LogP contribution in [0.15, 0.2) is 36.5 Å². The molecular weight excluding hydrogens is 252 g/mol. The number of anilines is 1. The highest BCUT2D eigenvalue weighted by atomic mass is 16.1. The highest BCUT2D eigenvalue weighted by molar-refractivity contribution is 5.76. The van der Waals surface area contributed by atoms with Crippen LogP contribution in [0.3, 0.4) is 0 Å². The summed E-state index contributed by atoms with van der Waals surface area (Å²) < 4.78 is 1.76. The Kier molecular flexibility index (Phi) is 4.76. The molecule has 0 aliphatic carbocycles. The lowest BCUT2D eigenvalue weighted by Gasteiger charge is -2.05. The molecule has 0 bridgehead atoms. The minimum Gasteiger partial charge on any atom is -0.399 e. The summed E-state index contributed by atoms with van der Waals surface area (Å²) in [6, 6.07) is 9.59. The first-order valence-corrected chi connectivity index (χ1v) is 6.73. The molecule has 1 aromatic heterocycles. The SMILES string of the molecule is Cn1ccc(CCNC(=O)CCc2cccc(N)c2)n1. The summed E-state index contributed by atoms with van der Waals surface area (Å²) >= 11 is 0. The number of hydrogen-bond donors (Lipinski definition) is 2. The van der Waals surface area contributed by atoms with E-state index in [4.69, 9.17) is 5.73 Å². The second-order valence-electron chi connectivity index (χ2n) is 4.83. The smallest absolute Gasteiger partial charge is 0.220 e. The van der Waals surface area contributed by atoms with Crippen LogP contribution in [-0.2, 0) is 24.7 Å². The normalized spacial score (nSPS) is 10.4. The summed E-state index contributed by atoms with van der Waals surface area (Å²) in [6.07, 6.45) is 3.84. The van der Waals surface area contributed by atoms with Gasteiger partial charge in [0.2, 0.25) is 5.91 Å². The molecule has 0 aliphatic rings. The first kappa shape index (κ1) is 14.1. The lowest BCUT2D eigenvalue weighted by molar-refractivity contribution is -0.121. The van der Waals surface area contributed by atoms with Gasteiger partial charge in [0.15, 0.2) is 0 Å². The van der Waals surface area contributed by atoms with Crippen LogP contribution < -0.4 is 11.1 Å². The second kappa shape index (κ2) is 6.75. The standard InChI is InChI=1S/C15H20N4O/c1-19-10-8-14(18-19)7-9-17-15(20)6-5-12-3-2-4-13(16)11-12/h2-4,8,10-11H,5-7,9,16H2,1H3,(H,17,20). The van der Waals surface area contributed by atoms with Crippen molar-refractivity contribution in [3.63, 3.8) is 0 Å². The van der Waals surface area contributed by atoms with Gasteiger partial charge in [0.05, 0.1) is 5.69 Å². The molecule has 2 rings (SSSR count). The zero-order valence-corrected chi connectivity index (χ0v) is 11.7. The Bertz CT molecular complexity index is 577. The van der Waals surface area contributed by atoms with Crippen LogP contribution in [0.1, 0.15) is 17.7 Å². The molecule has 0 spiro atoms. The van der Waals surface area contributed by atoms with Gasteiger partial charge in [0.25, 0.3) is 0 Å². The van der Waals surface area contributed by atoms with E-state index in [1.165, 1.54) is 0 Å². The Morgan fingerprint density at radius 2 is 2.20 bits per heavy atom. The minimum absolute atomic E-state index is 0.0587. The van der Waals surface area contributed by atoms with Crippen molar-refractivity contribution in [3.05, 3.63) is 47.8 Å². The summed E-state index contributed by atoms with van der Waals surface area (Å²) in [5, 5.41) is 7.17. The summed E-state index contributed by atoms with van der Waals surface area (Å²) in [4.78, 5) is 11.7. The third kappa shape index (κ3) is 4.42. The number of nitrogens with two attached hydrogens (primary N) is 1. The molecule has 5 nitrogen and oxygen atoms in total. The van der Waals surface area contributed by atoms with Crippen LogP contribution in [0.4, 0.5) is 5.69 Å². The average molecular weight is 272 g/mol. The molecule has 0 unspecified atom stereocenters. The van der Waals surface area contributed by atoms with E-state index in [2.05, 4.69) is 10.4 Å². The van der Waals surface area contributed by atoms with Crippen LogP contribution in [0.2, 0.25) is 0 Å². The van der Waals surface area contributed by atoms with E-state index in [1.54, 1.807) is 4.68 Å². The topological polar surface area (TPSA) is 72.9 Å². The number of nitrogens with zero attached hydrogens (tertiary/aromatic N) is 2. The number of rotatable bonds is 6. The molecule has 2 aromatic rings. The van der Waals surface area contributed by atoms with Crippen molar-refractivity contribution in [2.75, 3.05) is 12.3 Å². The Balaban J connectivity index is 1.68. The zero-order valence-electron chi connectivity index (χ0n) is 11.7. The van der Waals surface area contributed by atoms with Gasteiger partial charge in [-0.25, -0.2) is 0 Å². The van der Waals surface area contributed by atoms with E-state index in [0.717, 1.165) is 23.4 Å².